The summed E-state index contributed by atoms with van der Waals surface area (Å²) in [6.45, 7) is 3.73. The fraction of sp³-hybridized carbons (Fsp3) is 0.421. The van der Waals surface area contributed by atoms with Gasteiger partial charge in [-0.15, -0.1) is 0 Å². The number of hydrogen-bond acceptors (Lipinski definition) is 5. The van der Waals surface area contributed by atoms with Crippen molar-refractivity contribution in [1.29, 1.82) is 0 Å². The van der Waals surface area contributed by atoms with Gasteiger partial charge in [-0.3, -0.25) is 0 Å². The van der Waals surface area contributed by atoms with E-state index in [0.717, 1.165) is 47.4 Å². The molecule has 1 saturated heterocycles. The largest absolute Gasteiger partial charge is 0.373 e. The minimum Gasteiger partial charge on any atom is -0.373 e. The van der Waals surface area contributed by atoms with Gasteiger partial charge < -0.3 is 10.1 Å². The molecule has 0 spiro atoms. The van der Waals surface area contributed by atoms with Crippen LogP contribution >= 0.6 is 15.9 Å². The predicted octanol–water partition coefficient (Wildman–Crippen LogP) is 4.01. The molecule has 0 saturated carbocycles. The molecule has 26 heavy (non-hydrogen) atoms. The number of hydrogen-bond donors (Lipinski definition) is 1. The van der Waals surface area contributed by atoms with E-state index >= 15 is 0 Å². The lowest BCUT2D eigenvalue weighted by molar-refractivity contribution is -0.0238. The Kier molecular flexibility index (Phi) is 4.91. The quantitative estimate of drug-likeness (QED) is 0.696. The number of halogens is 1. The number of ether oxygens (including phenoxy) is 1. The molecule has 0 aliphatic carbocycles. The summed E-state index contributed by atoms with van der Waals surface area (Å²) in [5, 5.41) is 8.81. The lowest BCUT2D eigenvalue weighted by Gasteiger charge is -2.32. The van der Waals surface area contributed by atoms with Gasteiger partial charge in [-0.1, -0.05) is 29.8 Å². The van der Waals surface area contributed by atoms with Crippen LogP contribution in [0.4, 0.5) is 5.82 Å². The Hall–Kier alpha value is -1.99. The molecule has 1 aromatic carbocycles. The van der Waals surface area contributed by atoms with Gasteiger partial charge in [0.25, 0.3) is 0 Å². The Labute approximate surface area is 161 Å². The second kappa shape index (κ2) is 7.32. The first-order valence-electron chi connectivity index (χ1n) is 8.88. The van der Waals surface area contributed by atoms with Crippen LogP contribution in [0.3, 0.4) is 0 Å². The second-order valence-electron chi connectivity index (χ2n) is 6.82. The fourth-order valence-corrected chi connectivity index (χ4v) is 4.18. The van der Waals surface area contributed by atoms with Gasteiger partial charge in [0.15, 0.2) is 5.65 Å². The highest BCUT2D eigenvalue weighted by Gasteiger charge is 2.27. The summed E-state index contributed by atoms with van der Waals surface area (Å²) in [5.41, 5.74) is 3.32. The maximum absolute atomic E-state index is 6.12. The zero-order chi connectivity index (χ0) is 18.1. The Morgan fingerprint density at radius 2 is 2.08 bits per heavy atom. The summed E-state index contributed by atoms with van der Waals surface area (Å²) < 4.78 is 8.63. The van der Waals surface area contributed by atoms with Crippen LogP contribution in [0, 0.1) is 12.8 Å². The lowest BCUT2D eigenvalue weighted by atomic mass is 9.89. The van der Waals surface area contributed by atoms with Crippen LogP contribution in [0.1, 0.15) is 30.1 Å². The molecule has 3 heterocycles. The summed E-state index contributed by atoms with van der Waals surface area (Å²) in [7, 11) is 1.88. The highest BCUT2D eigenvalue weighted by molar-refractivity contribution is 9.10. The van der Waals surface area contributed by atoms with E-state index in [1.807, 2.05) is 7.05 Å². The number of benzene rings is 1. The highest BCUT2D eigenvalue weighted by Crippen LogP contribution is 2.34. The number of rotatable bonds is 4. The summed E-state index contributed by atoms with van der Waals surface area (Å²) in [6, 6.07) is 8.66. The van der Waals surface area contributed by atoms with Crippen molar-refractivity contribution in [3.63, 3.8) is 0 Å². The number of fused-ring (bicyclic) bond motifs is 1. The predicted molar refractivity (Wildman–Crippen MR) is 105 cm³/mol. The molecule has 3 aromatic rings. The van der Waals surface area contributed by atoms with E-state index in [1.54, 1.807) is 11.0 Å². The molecule has 2 aromatic heterocycles. The maximum Gasteiger partial charge on any atom is 0.164 e. The van der Waals surface area contributed by atoms with Crippen LogP contribution in [0.25, 0.3) is 11.0 Å². The Bertz CT molecular complexity index is 908. The van der Waals surface area contributed by atoms with E-state index < -0.39 is 0 Å². The summed E-state index contributed by atoms with van der Waals surface area (Å²) in [6.07, 6.45) is 3.91. The minimum absolute atomic E-state index is 0.117. The van der Waals surface area contributed by atoms with Gasteiger partial charge in [-0.25, -0.2) is 14.6 Å². The van der Waals surface area contributed by atoms with E-state index in [2.05, 4.69) is 67.5 Å². The molecule has 0 radical (unpaired) electrons. The molecule has 1 fully saturated rings. The molecular formula is C19H22BrN5O. The van der Waals surface area contributed by atoms with Gasteiger partial charge in [0.2, 0.25) is 0 Å². The second-order valence-corrected chi connectivity index (χ2v) is 7.57. The first kappa shape index (κ1) is 17.4. The summed E-state index contributed by atoms with van der Waals surface area (Å²) in [4.78, 5) is 8.75. The minimum atomic E-state index is 0.117. The molecule has 2 unspecified atom stereocenters. The van der Waals surface area contributed by atoms with Crippen molar-refractivity contribution in [3.8, 4) is 0 Å². The molecule has 1 aliphatic rings. The Balaban J connectivity index is 1.55. The van der Waals surface area contributed by atoms with E-state index in [-0.39, 0.29) is 6.10 Å². The monoisotopic (exact) mass is 415 g/mol. The number of nitrogens with one attached hydrogen (secondary N) is 1. The van der Waals surface area contributed by atoms with Gasteiger partial charge in [0.05, 0.1) is 11.5 Å². The highest BCUT2D eigenvalue weighted by atomic mass is 79.9. The molecule has 2 atom stereocenters. The molecule has 136 valence electrons. The average molecular weight is 416 g/mol. The van der Waals surface area contributed by atoms with Crippen molar-refractivity contribution in [3.05, 3.63) is 46.3 Å². The summed E-state index contributed by atoms with van der Waals surface area (Å²) >= 11 is 3.51. The third kappa shape index (κ3) is 3.33. The smallest absolute Gasteiger partial charge is 0.164 e. The van der Waals surface area contributed by atoms with Gasteiger partial charge in [-0.05, 0) is 41.3 Å². The molecule has 6 nitrogen and oxygen atoms in total. The normalized spacial score (nSPS) is 20.4. The van der Waals surface area contributed by atoms with Crippen molar-refractivity contribution in [1.82, 2.24) is 19.7 Å². The fourth-order valence-electron chi connectivity index (χ4n) is 3.58. The van der Waals surface area contributed by atoms with Gasteiger partial charge in [0.1, 0.15) is 16.7 Å². The van der Waals surface area contributed by atoms with Gasteiger partial charge in [-0.2, -0.15) is 5.10 Å². The van der Waals surface area contributed by atoms with Crippen molar-refractivity contribution < 1.29 is 4.74 Å². The third-order valence-corrected chi connectivity index (χ3v) is 5.52. The first-order chi connectivity index (χ1) is 12.6. The van der Waals surface area contributed by atoms with Crippen LogP contribution in [0.5, 0.6) is 0 Å². The number of anilines is 1. The maximum atomic E-state index is 6.12. The molecule has 7 heteroatoms. The molecule has 0 amide bonds. The van der Waals surface area contributed by atoms with Crippen LogP contribution < -0.4 is 5.32 Å². The number of aromatic nitrogens is 4. The van der Waals surface area contributed by atoms with E-state index in [9.17, 15) is 0 Å². The molecule has 4 rings (SSSR count). The topological polar surface area (TPSA) is 64.9 Å². The van der Waals surface area contributed by atoms with Crippen LogP contribution in [0.15, 0.2) is 35.2 Å². The number of nitrogens with zero attached hydrogens (tertiary/aromatic N) is 4. The summed E-state index contributed by atoms with van der Waals surface area (Å²) in [5.74, 6) is 1.20. The van der Waals surface area contributed by atoms with Crippen molar-refractivity contribution in [2.24, 2.45) is 13.0 Å². The Morgan fingerprint density at radius 3 is 2.88 bits per heavy atom. The third-order valence-electron chi connectivity index (χ3n) is 4.96. The first-order valence-corrected chi connectivity index (χ1v) is 9.68. The van der Waals surface area contributed by atoms with Crippen LogP contribution in [-0.4, -0.2) is 32.9 Å². The van der Waals surface area contributed by atoms with Crippen LogP contribution in [0.2, 0.25) is 0 Å². The molecule has 1 N–H and O–H groups in total. The van der Waals surface area contributed by atoms with E-state index in [1.165, 1.54) is 11.1 Å². The standard InChI is InChI=1S/C19H22BrN5O/c1-12-5-7-13(8-6-12)16-14(4-3-9-26-16)10-21-18-15-17(20)24-25(2)19(15)23-11-22-18/h5-8,11,14,16H,3-4,9-10H2,1-2H3,(H,21,22,23). The Morgan fingerprint density at radius 1 is 1.27 bits per heavy atom. The zero-order valence-corrected chi connectivity index (χ0v) is 16.5. The van der Waals surface area contributed by atoms with Crippen molar-refractivity contribution in [2.75, 3.05) is 18.5 Å². The van der Waals surface area contributed by atoms with Gasteiger partial charge in [0, 0.05) is 26.1 Å². The number of aryl methyl sites for hydroxylation is 2. The van der Waals surface area contributed by atoms with E-state index in [0.29, 0.717) is 5.92 Å². The van der Waals surface area contributed by atoms with Crippen LogP contribution in [-0.2, 0) is 11.8 Å². The van der Waals surface area contributed by atoms with Crippen molar-refractivity contribution >= 4 is 32.8 Å². The lowest BCUT2D eigenvalue weighted by Crippen LogP contribution is -2.28. The van der Waals surface area contributed by atoms with E-state index in [4.69, 9.17) is 4.74 Å². The molecule has 1 aliphatic heterocycles. The average Bonchev–Trinajstić information content (AvgIpc) is 2.96. The van der Waals surface area contributed by atoms with Crippen molar-refractivity contribution in [2.45, 2.75) is 25.9 Å². The molecular weight excluding hydrogens is 394 g/mol. The SMILES string of the molecule is Cc1ccc(C2OCCCC2CNc2ncnc3c2c(Br)nn3C)cc1. The zero-order valence-electron chi connectivity index (χ0n) is 14.9. The molecule has 0 bridgehead atoms. The van der Waals surface area contributed by atoms with Gasteiger partial charge >= 0.3 is 0 Å².